The van der Waals surface area contributed by atoms with E-state index in [4.69, 9.17) is 13.9 Å². The summed E-state index contributed by atoms with van der Waals surface area (Å²) in [6.07, 6.45) is 0.744. The first-order valence-corrected chi connectivity index (χ1v) is 12.1. The molecule has 0 aliphatic rings. The van der Waals surface area contributed by atoms with Crippen LogP contribution in [0.1, 0.15) is 60.5 Å². The molecule has 9 heteroatoms. The number of amides is 1. The molecule has 34 heavy (non-hydrogen) atoms. The summed E-state index contributed by atoms with van der Waals surface area (Å²) in [6, 6.07) is 12.7. The predicted molar refractivity (Wildman–Crippen MR) is 130 cm³/mol. The van der Waals surface area contributed by atoms with Crippen LogP contribution in [0.4, 0.5) is 5.69 Å². The predicted octanol–water partition coefficient (Wildman–Crippen LogP) is 5.38. The van der Waals surface area contributed by atoms with Crippen LogP contribution < -0.4 is 10.1 Å². The molecule has 1 N–H and O–H groups in total. The molecule has 0 aliphatic carbocycles. The Morgan fingerprint density at radius 2 is 1.97 bits per heavy atom. The Labute approximate surface area is 203 Å². The van der Waals surface area contributed by atoms with E-state index >= 15 is 0 Å². The third-order valence-electron chi connectivity index (χ3n) is 4.74. The largest absolute Gasteiger partial charge is 0.484 e. The molecule has 3 aromatic rings. The number of thioether (sulfide) groups is 1. The van der Waals surface area contributed by atoms with Gasteiger partial charge in [0.25, 0.3) is 11.1 Å². The zero-order chi connectivity index (χ0) is 24.5. The molecule has 8 nitrogen and oxygen atoms in total. The number of rotatable bonds is 11. The van der Waals surface area contributed by atoms with Crippen molar-refractivity contribution in [3.05, 3.63) is 65.0 Å². The number of hydrogen-bond donors (Lipinski definition) is 1. The van der Waals surface area contributed by atoms with E-state index in [0.717, 1.165) is 35.1 Å². The first-order valence-electron chi connectivity index (χ1n) is 11.1. The molecule has 1 amide bonds. The molecule has 0 spiro atoms. The summed E-state index contributed by atoms with van der Waals surface area (Å²) in [5.41, 5.74) is 3.11. The number of esters is 1. The first kappa shape index (κ1) is 25.3. The molecular weight excluding hydrogens is 454 g/mol. The van der Waals surface area contributed by atoms with E-state index in [1.54, 1.807) is 24.3 Å². The molecule has 0 unspecified atom stereocenters. The summed E-state index contributed by atoms with van der Waals surface area (Å²) in [5.74, 6) is 0.841. The number of anilines is 1. The number of hydrogen-bond acceptors (Lipinski definition) is 8. The van der Waals surface area contributed by atoms with Crippen molar-refractivity contribution in [3.8, 4) is 5.75 Å². The smallest absolute Gasteiger partial charge is 0.338 e. The Morgan fingerprint density at radius 1 is 1.15 bits per heavy atom. The van der Waals surface area contributed by atoms with Crippen LogP contribution in [0.5, 0.6) is 5.75 Å². The fraction of sp³-hybridized carbons (Fsp3) is 0.360. The van der Waals surface area contributed by atoms with Gasteiger partial charge in [0, 0.05) is 5.69 Å². The minimum Gasteiger partial charge on any atom is -0.484 e. The van der Waals surface area contributed by atoms with Crippen molar-refractivity contribution >= 4 is 29.3 Å². The molecule has 0 fully saturated rings. The highest BCUT2D eigenvalue weighted by atomic mass is 32.2. The zero-order valence-corrected chi connectivity index (χ0v) is 20.6. The van der Waals surface area contributed by atoms with E-state index in [0.29, 0.717) is 29.7 Å². The molecule has 0 saturated carbocycles. The Bertz CT molecular complexity index is 1130. The second-order valence-electron chi connectivity index (χ2n) is 8.00. The van der Waals surface area contributed by atoms with Crippen molar-refractivity contribution in [1.82, 2.24) is 10.2 Å². The second-order valence-corrected chi connectivity index (χ2v) is 8.93. The summed E-state index contributed by atoms with van der Waals surface area (Å²) < 4.78 is 16.6. The van der Waals surface area contributed by atoms with Crippen molar-refractivity contribution < 1.29 is 23.5 Å². The average Bonchev–Trinajstić information content (AvgIpc) is 3.28. The fourth-order valence-corrected chi connectivity index (χ4v) is 3.64. The van der Waals surface area contributed by atoms with E-state index in [2.05, 4.69) is 41.5 Å². The van der Waals surface area contributed by atoms with Gasteiger partial charge in [-0.1, -0.05) is 50.7 Å². The molecule has 1 heterocycles. The number of nitrogens with one attached hydrogen (secondary N) is 1. The first-order chi connectivity index (χ1) is 16.4. The lowest BCUT2D eigenvalue weighted by molar-refractivity contribution is -0.113. The van der Waals surface area contributed by atoms with Crippen LogP contribution in [-0.4, -0.2) is 34.4 Å². The lowest BCUT2D eigenvalue weighted by atomic mass is 10.0. The molecule has 0 aliphatic heterocycles. The van der Waals surface area contributed by atoms with E-state index in [-0.39, 0.29) is 23.5 Å². The van der Waals surface area contributed by atoms with Gasteiger partial charge in [0.05, 0.1) is 17.9 Å². The monoisotopic (exact) mass is 483 g/mol. The van der Waals surface area contributed by atoms with Gasteiger partial charge in [0.1, 0.15) is 5.75 Å². The Morgan fingerprint density at radius 3 is 2.74 bits per heavy atom. The normalized spacial score (nSPS) is 10.9. The van der Waals surface area contributed by atoms with Gasteiger partial charge >= 0.3 is 5.97 Å². The number of aromatic nitrogens is 2. The fourth-order valence-electron chi connectivity index (χ4n) is 3.06. The maximum atomic E-state index is 12.3. The minimum absolute atomic E-state index is 0.0718. The van der Waals surface area contributed by atoms with Gasteiger partial charge in [0.15, 0.2) is 6.61 Å². The van der Waals surface area contributed by atoms with Gasteiger partial charge in [-0.2, -0.15) is 0 Å². The summed E-state index contributed by atoms with van der Waals surface area (Å²) in [5, 5.41) is 11.0. The number of carbonyl (C=O) groups is 2. The summed E-state index contributed by atoms with van der Waals surface area (Å²) in [6.45, 7) is 8.65. The average molecular weight is 484 g/mol. The summed E-state index contributed by atoms with van der Waals surface area (Å²) in [4.78, 5) is 24.3. The van der Waals surface area contributed by atoms with Crippen molar-refractivity contribution in [2.75, 3.05) is 17.7 Å². The van der Waals surface area contributed by atoms with Gasteiger partial charge in [-0.05, 0) is 54.7 Å². The lowest BCUT2D eigenvalue weighted by Gasteiger charge is -2.13. The molecule has 0 atom stereocenters. The van der Waals surface area contributed by atoms with Gasteiger partial charge in [0.2, 0.25) is 5.91 Å². The second kappa shape index (κ2) is 12.2. The number of carbonyl (C=O) groups excluding carboxylic acids is 2. The van der Waals surface area contributed by atoms with Crippen LogP contribution >= 0.6 is 11.8 Å². The molecule has 0 bridgehead atoms. The Kier molecular flexibility index (Phi) is 9.09. The van der Waals surface area contributed by atoms with Gasteiger partial charge in [-0.15, -0.1) is 10.2 Å². The zero-order valence-electron chi connectivity index (χ0n) is 19.8. The summed E-state index contributed by atoms with van der Waals surface area (Å²) in [7, 11) is 0. The molecular formula is C25H29N3O5S. The highest BCUT2D eigenvalue weighted by Gasteiger charge is 2.14. The van der Waals surface area contributed by atoms with Crippen molar-refractivity contribution in [3.63, 3.8) is 0 Å². The highest BCUT2D eigenvalue weighted by Crippen LogP contribution is 2.28. The van der Waals surface area contributed by atoms with Gasteiger partial charge in [-0.3, -0.25) is 4.79 Å². The van der Waals surface area contributed by atoms with Crippen LogP contribution in [-0.2, 0) is 16.1 Å². The standard InChI is InChI=1S/C25H29N3O5S/c1-5-11-31-24(30)18-7-6-8-19(13-18)26-22(29)15-34-25-28-27-23(33-25)14-32-21-12-17(4)9-10-20(21)16(2)3/h6-10,12-13,16H,5,11,14-15H2,1-4H3,(H,26,29). The number of ether oxygens (including phenoxy) is 2. The SMILES string of the molecule is CCCOC(=O)c1cccc(NC(=O)CSc2nnc(COc3cc(C)ccc3C(C)C)o2)c1. The quantitative estimate of drug-likeness (QED) is 0.286. The van der Waals surface area contributed by atoms with Crippen LogP contribution in [0.3, 0.4) is 0 Å². The molecule has 2 aromatic carbocycles. The third-order valence-corrected chi connectivity index (χ3v) is 5.56. The van der Waals surface area contributed by atoms with E-state index < -0.39 is 5.97 Å². The maximum absolute atomic E-state index is 12.3. The number of aryl methyl sites for hydroxylation is 1. The number of nitrogens with zero attached hydrogens (tertiary/aromatic N) is 2. The highest BCUT2D eigenvalue weighted by molar-refractivity contribution is 7.99. The van der Waals surface area contributed by atoms with Crippen LogP contribution in [0, 0.1) is 6.92 Å². The Balaban J connectivity index is 1.50. The minimum atomic E-state index is -0.417. The van der Waals surface area contributed by atoms with Crippen LogP contribution in [0.15, 0.2) is 52.1 Å². The molecule has 3 rings (SSSR count). The van der Waals surface area contributed by atoms with Gasteiger partial charge < -0.3 is 19.2 Å². The van der Waals surface area contributed by atoms with Crippen molar-refractivity contribution in [1.29, 1.82) is 0 Å². The molecule has 180 valence electrons. The van der Waals surface area contributed by atoms with E-state index in [1.165, 1.54) is 0 Å². The maximum Gasteiger partial charge on any atom is 0.338 e. The Hall–Kier alpha value is -3.33. The van der Waals surface area contributed by atoms with Crippen LogP contribution in [0.25, 0.3) is 0 Å². The van der Waals surface area contributed by atoms with E-state index in [1.807, 2.05) is 19.9 Å². The summed E-state index contributed by atoms with van der Waals surface area (Å²) >= 11 is 1.12. The molecule has 0 saturated heterocycles. The molecule has 0 radical (unpaired) electrons. The third kappa shape index (κ3) is 7.34. The van der Waals surface area contributed by atoms with Crippen molar-refractivity contribution in [2.24, 2.45) is 0 Å². The van der Waals surface area contributed by atoms with E-state index in [9.17, 15) is 9.59 Å². The lowest BCUT2D eigenvalue weighted by Crippen LogP contribution is -2.14. The van der Waals surface area contributed by atoms with Crippen molar-refractivity contribution in [2.45, 2.75) is 51.9 Å². The number of benzene rings is 2. The van der Waals surface area contributed by atoms with Gasteiger partial charge in [-0.25, -0.2) is 4.79 Å². The topological polar surface area (TPSA) is 104 Å². The van der Waals surface area contributed by atoms with Crippen LogP contribution in [0.2, 0.25) is 0 Å². The molecule has 1 aromatic heterocycles.